The fraction of sp³-hybridized carbons (Fsp3) is 0.0392. The van der Waals surface area contributed by atoms with Crippen LogP contribution in [-0.2, 0) is 0 Å². The molecule has 0 radical (unpaired) electrons. The van der Waals surface area contributed by atoms with E-state index in [1.54, 1.807) is 0 Å². The summed E-state index contributed by atoms with van der Waals surface area (Å²) in [6.07, 6.45) is -0.508. The lowest BCUT2D eigenvalue weighted by Crippen LogP contribution is -2.45. The summed E-state index contributed by atoms with van der Waals surface area (Å²) in [7, 11) is 0. The molecule has 9 aromatic carbocycles. The van der Waals surface area contributed by atoms with Gasteiger partial charge in [0.1, 0.15) is 29.3 Å². The zero-order valence-corrected chi connectivity index (χ0v) is 31.0. The monoisotopic (exact) mass is 735 g/mol. The molecule has 2 N–H and O–H groups in total. The third kappa shape index (κ3) is 4.92. The number of benzene rings is 9. The third-order valence-electron chi connectivity index (χ3n) is 11.5. The molecule has 1 aliphatic heterocycles. The number of rotatable bonds is 4. The highest BCUT2D eigenvalue weighted by atomic mass is 32.1. The highest BCUT2D eigenvalue weighted by molar-refractivity contribution is 7.26. The van der Waals surface area contributed by atoms with Crippen molar-refractivity contribution in [1.82, 2.24) is 10.6 Å². The molecule has 4 nitrogen and oxygen atoms in total. The summed E-state index contributed by atoms with van der Waals surface area (Å²) in [5.74, 6) is 0.855. The minimum absolute atomic E-state index is 0.234. The molecule has 0 saturated carbocycles. The van der Waals surface area contributed by atoms with Gasteiger partial charge in [0.05, 0.1) is 0 Å². The number of hydrogen-bond acceptors (Lipinski definition) is 5. The maximum absolute atomic E-state index is 6.72. The van der Waals surface area contributed by atoms with Crippen molar-refractivity contribution in [3.05, 3.63) is 193 Å². The first-order valence-electron chi connectivity index (χ1n) is 19.1. The van der Waals surface area contributed by atoms with Gasteiger partial charge in [0.15, 0.2) is 0 Å². The maximum Gasteiger partial charge on any atom is 0.136 e. The fourth-order valence-corrected chi connectivity index (χ4v) is 10.1. The van der Waals surface area contributed by atoms with Gasteiger partial charge in [-0.3, -0.25) is 5.32 Å². The van der Waals surface area contributed by atoms with E-state index in [-0.39, 0.29) is 12.3 Å². The Balaban J connectivity index is 0.985. The lowest BCUT2D eigenvalue weighted by molar-refractivity contribution is 0.411. The summed E-state index contributed by atoms with van der Waals surface area (Å²) in [4.78, 5) is 5.28. The van der Waals surface area contributed by atoms with Gasteiger partial charge >= 0.3 is 0 Å². The number of aliphatic imine (C=N–C) groups is 1. The van der Waals surface area contributed by atoms with Crippen LogP contribution in [-0.4, -0.2) is 5.84 Å². The number of fused-ring (bicyclic) bond motifs is 11. The van der Waals surface area contributed by atoms with Crippen molar-refractivity contribution in [2.45, 2.75) is 12.3 Å². The van der Waals surface area contributed by atoms with E-state index >= 15 is 0 Å². The zero-order chi connectivity index (χ0) is 36.7. The van der Waals surface area contributed by atoms with Crippen LogP contribution in [0.2, 0.25) is 0 Å². The van der Waals surface area contributed by atoms with E-state index in [0.29, 0.717) is 0 Å². The minimum Gasteiger partial charge on any atom is -0.456 e. The summed E-state index contributed by atoms with van der Waals surface area (Å²) in [6, 6.07) is 63.2. The molecule has 0 fully saturated rings. The first kappa shape index (κ1) is 31.5. The van der Waals surface area contributed by atoms with Crippen LogP contribution in [0.5, 0.6) is 0 Å². The van der Waals surface area contributed by atoms with Gasteiger partial charge in [-0.1, -0.05) is 140 Å². The predicted molar refractivity (Wildman–Crippen MR) is 236 cm³/mol. The van der Waals surface area contributed by atoms with Gasteiger partial charge in [0.25, 0.3) is 0 Å². The van der Waals surface area contributed by atoms with Gasteiger partial charge in [-0.15, -0.1) is 11.3 Å². The normalized spacial score (nSPS) is 16.0. The van der Waals surface area contributed by atoms with E-state index in [9.17, 15) is 0 Å². The van der Waals surface area contributed by atoms with Gasteiger partial charge in [0.2, 0.25) is 0 Å². The highest BCUT2D eigenvalue weighted by Crippen LogP contribution is 2.44. The lowest BCUT2D eigenvalue weighted by atomic mass is 9.94. The molecule has 0 amide bonds. The molecule has 2 unspecified atom stereocenters. The van der Waals surface area contributed by atoms with E-state index in [4.69, 9.17) is 9.41 Å². The molecule has 3 heterocycles. The fourth-order valence-electron chi connectivity index (χ4n) is 8.88. The molecule has 0 spiro atoms. The molecule has 2 atom stereocenters. The molecular formula is C51H33N3OS. The van der Waals surface area contributed by atoms with Crippen molar-refractivity contribution in [2.75, 3.05) is 0 Å². The van der Waals surface area contributed by atoms with Gasteiger partial charge in [-0.05, 0) is 80.0 Å². The number of furan rings is 1. The molecule has 0 aliphatic carbocycles. The van der Waals surface area contributed by atoms with Gasteiger partial charge in [0, 0.05) is 47.5 Å². The van der Waals surface area contributed by atoms with Crippen LogP contribution < -0.4 is 10.6 Å². The number of amidine groups is 1. The number of hydrogen-bond donors (Lipinski definition) is 2. The van der Waals surface area contributed by atoms with Crippen LogP contribution >= 0.6 is 11.3 Å². The molecule has 0 bridgehead atoms. The number of nitrogens with one attached hydrogen (secondary N) is 2. The molecule has 5 heteroatoms. The molecule has 0 saturated heterocycles. The van der Waals surface area contributed by atoms with Gasteiger partial charge in [-0.2, -0.15) is 0 Å². The van der Waals surface area contributed by atoms with Crippen molar-refractivity contribution in [1.29, 1.82) is 0 Å². The van der Waals surface area contributed by atoms with Crippen LogP contribution in [0.25, 0.3) is 85.6 Å². The predicted octanol–water partition coefficient (Wildman–Crippen LogP) is 13.4. The van der Waals surface area contributed by atoms with E-state index < -0.39 is 0 Å². The highest BCUT2D eigenvalue weighted by Gasteiger charge is 2.28. The average molecular weight is 736 g/mol. The number of nitrogens with zero attached hydrogens (tertiary/aromatic N) is 1. The topological polar surface area (TPSA) is 49.6 Å². The summed E-state index contributed by atoms with van der Waals surface area (Å²) in [6.45, 7) is 0. The van der Waals surface area contributed by atoms with Crippen LogP contribution in [0.15, 0.2) is 185 Å². The van der Waals surface area contributed by atoms with E-state index in [1.807, 2.05) is 17.4 Å². The molecule has 1 aliphatic rings. The Hall–Kier alpha value is -6.79. The SMILES string of the molecule is c1ccc(C2=NC(c3ccc4c(ccc5ccccc54)c3)NC(c3cccc4oc5cc(-c6cc7c8ccccc8sc7c7ccccc67)ccc5c34)N2)cc1. The Morgan fingerprint density at radius 2 is 1.25 bits per heavy atom. The average Bonchev–Trinajstić information content (AvgIpc) is 3.84. The third-order valence-corrected chi connectivity index (χ3v) is 12.8. The van der Waals surface area contributed by atoms with E-state index in [1.165, 1.54) is 58.1 Å². The van der Waals surface area contributed by atoms with Crippen molar-refractivity contribution in [2.24, 2.45) is 4.99 Å². The smallest absolute Gasteiger partial charge is 0.136 e. The van der Waals surface area contributed by atoms with Crippen molar-refractivity contribution < 1.29 is 4.42 Å². The Bertz CT molecular complexity index is 3400. The summed E-state index contributed by atoms with van der Waals surface area (Å²) >= 11 is 1.87. The van der Waals surface area contributed by atoms with Crippen LogP contribution in [0.4, 0.5) is 0 Å². The van der Waals surface area contributed by atoms with Gasteiger partial charge in [-0.25, -0.2) is 4.99 Å². The van der Waals surface area contributed by atoms with Crippen LogP contribution in [0, 0.1) is 0 Å². The second kappa shape index (κ2) is 12.4. The molecule has 11 aromatic rings. The Morgan fingerprint density at radius 1 is 0.500 bits per heavy atom. The molecule has 12 rings (SSSR count). The minimum atomic E-state index is -0.274. The second-order valence-corrected chi connectivity index (χ2v) is 15.8. The summed E-state index contributed by atoms with van der Waals surface area (Å²) < 4.78 is 9.37. The zero-order valence-electron chi connectivity index (χ0n) is 30.2. The van der Waals surface area contributed by atoms with Gasteiger partial charge < -0.3 is 9.73 Å². The van der Waals surface area contributed by atoms with Crippen molar-refractivity contribution >= 4 is 91.6 Å². The van der Waals surface area contributed by atoms with Crippen molar-refractivity contribution in [3.63, 3.8) is 0 Å². The first-order valence-corrected chi connectivity index (χ1v) is 19.9. The Morgan fingerprint density at radius 3 is 2.16 bits per heavy atom. The summed E-state index contributed by atoms with van der Waals surface area (Å²) in [5, 5.41) is 19.9. The Labute approximate surface area is 326 Å². The largest absolute Gasteiger partial charge is 0.456 e. The van der Waals surface area contributed by atoms with Crippen molar-refractivity contribution in [3.8, 4) is 11.1 Å². The van der Waals surface area contributed by atoms with E-state index in [2.05, 4.69) is 180 Å². The summed E-state index contributed by atoms with van der Waals surface area (Å²) in [5.41, 5.74) is 7.37. The number of thiophene rings is 1. The quantitative estimate of drug-likeness (QED) is 0.177. The molecule has 264 valence electrons. The van der Waals surface area contributed by atoms with Crippen LogP contribution in [0.1, 0.15) is 29.0 Å². The first-order chi connectivity index (χ1) is 27.7. The molecular weight excluding hydrogens is 703 g/mol. The van der Waals surface area contributed by atoms with E-state index in [0.717, 1.165) is 50.0 Å². The Kier molecular flexibility index (Phi) is 6.97. The molecule has 2 aromatic heterocycles. The maximum atomic E-state index is 6.72. The second-order valence-electron chi connectivity index (χ2n) is 14.7. The standard InChI is InChI=1S/C51H33N3OS/c1-2-12-31(13-3-1)49-52-50(34-24-25-36-32(27-34)22-21-30-11-4-5-14-35(30)36)54-51(53-49)41-18-10-19-44-47(41)40-26-23-33(28-45(40)55-44)42-29-43-38-16-8-9-20-46(38)56-48(43)39-17-7-6-15-37(39)42/h1-29,50-51,54H,(H,52,53). The lowest BCUT2D eigenvalue weighted by Gasteiger charge is -2.32. The van der Waals surface area contributed by atoms with Crippen LogP contribution in [0.3, 0.4) is 0 Å². The molecule has 56 heavy (non-hydrogen) atoms.